The highest BCUT2D eigenvalue weighted by Gasteiger charge is 2.32. The third-order valence-electron chi connectivity index (χ3n) is 4.85. The number of aromatic nitrogens is 1. The molecule has 1 aromatic carbocycles. The predicted molar refractivity (Wildman–Crippen MR) is 95.4 cm³/mol. The van der Waals surface area contributed by atoms with Crippen LogP contribution >= 0.6 is 0 Å². The molecule has 1 saturated heterocycles. The predicted octanol–water partition coefficient (Wildman–Crippen LogP) is 0.0330. The van der Waals surface area contributed by atoms with Crippen molar-refractivity contribution in [1.29, 1.82) is 0 Å². The third kappa shape index (κ3) is 2.36. The summed E-state index contributed by atoms with van der Waals surface area (Å²) in [4.78, 5) is 41.4. The number of likely N-dealkylation sites (N-methyl/N-ethyl adjacent to an activating group) is 1. The Labute approximate surface area is 149 Å². The van der Waals surface area contributed by atoms with E-state index in [1.54, 1.807) is 23.1 Å². The molecule has 2 aliphatic rings. The Hall–Kier alpha value is -3.20. The Morgan fingerprint density at radius 3 is 2.62 bits per heavy atom. The fourth-order valence-electron chi connectivity index (χ4n) is 3.50. The second kappa shape index (κ2) is 5.95. The number of benzene rings is 1. The van der Waals surface area contributed by atoms with Crippen molar-refractivity contribution in [3.8, 4) is 0 Å². The van der Waals surface area contributed by atoms with Crippen molar-refractivity contribution in [2.24, 2.45) is 10.8 Å². The average Bonchev–Trinajstić information content (AvgIpc) is 2.86. The summed E-state index contributed by atoms with van der Waals surface area (Å²) in [6.45, 7) is 2.60. The second-order valence-electron chi connectivity index (χ2n) is 6.43. The lowest BCUT2D eigenvalue weighted by atomic mass is 10.0. The van der Waals surface area contributed by atoms with Gasteiger partial charge in [0.05, 0.1) is 17.3 Å². The van der Waals surface area contributed by atoms with Crippen LogP contribution in [0.1, 0.15) is 26.4 Å². The first-order valence-electron chi connectivity index (χ1n) is 8.27. The summed E-state index contributed by atoms with van der Waals surface area (Å²) in [7, 11) is 1.99. The van der Waals surface area contributed by atoms with Gasteiger partial charge in [0, 0.05) is 37.1 Å². The van der Waals surface area contributed by atoms with Crippen LogP contribution in [-0.2, 0) is 0 Å². The molecule has 0 aliphatic carbocycles. The van der Waals surface area contributed by atoms with Crippen molar-refractivity contribution in [2.45, 2.75) is 0 Å². The Kier molecular flexibility index (Phi) is 3.73. The zero-order chi connectivity index (χ0) is 18.4. The number of nitrogens with zero attached hydrogens (tertiary/aromatic N) is 4. The molecule has 3 heterocycles. The molecule has 0 bridgehead atoms. The molecule has 2 aromatic rings. The lowest BCUT2D eigenvalue weighted by molar-refractivity contribution is 0.0655. The van der Waals surface area contributed by atoms with Crippen LogP contribution in [0.2, 0.25) is 0 Å². The third-order valence-corrected chi connectivity index (χ3v) is 4.85. The van der Waals surface area contributed by atoms with Gasteiger partial charge in [-0.15, -0.1) is 0 Å². The van der Waals surface area contributed by atoms with E-state index in [1.165, 1.54) is 10.8 Å². The van der Waals surface area contributed by atoms with Crippen molar-refractivity contribution >= 4 is 35.0 Å². The highest BCUT2D eigenvalue weighted by Crippen LogP contribution is 2.30. The van der Waals surface area contributed by atoms with Gasteiger partial charge in [0.25, 0.3) is 11.8 Å². The van der Waals surface area contributed by atoms with E-state index >= 15 is 0 Å². The molecule has 3 amide bonds. The average molecular weight is 354 g/mol. The highest BCUT2D eigenvalue weighted by atomic mass is 16.2. The number of rotatable bonds is 1. The van der Waals surface area contributed by atoms with Crippen molar-refractivity contribution in [3.63, 3.8) is 0 Å². The molecule has 1 fully saturated rings. The van der Waals surface area contributed by atoms with Crippen LogP contribution in [0.3, 0.4) is 0 Å². The topological polar surface area (TPSA) is 113 Å². The number of hydrazone groups is 1. The fraction of sp³-hybridized carbons (Fsp3) is 0.294. The van der Waals surface area contributed by atoms with Gasteiger partial charge in [-0.05, 0) is 19.2 Å². The van der Waals surface area contributed by atoms with E-state index in [-0.39, 0.29) is 11.6 Å². The van der Waals surface area contributed by atoms with Gasteiger partial charge in [-0.25, -0.2) is 10.2 Å². The lowest BCUT2D eigenvalue weighted by Crippen LogP contribution is -2.48. The van der Waals surface area contributed by atoms with E-state index < -0.39 is 11.9 Å². The SMILES string of the molecule is CN1CCN(C(=O)c2c3c4c(cccc4n2C(N)=O)C(=O)NN=C3)CC1. The zero-order valence-electron chi connectivity index (χ0n) is 14.2. The zero-order valence-corrected chi connectivity index (χ0v) is 14.2. The monoisotopic (exact) mass is 354 g/mol. The molecule has 4 rings (SSSR count). The van der Waals surface area contributed by atoms with Crippen LogP contribution in [0.15, 0.2) is 23.3 Å². The number of nitrogens with two attached hydrogens (primary N) is 1. The number of nitrogens with one attached hydrogen (secondary N) is 1. The van der Waals surface area contributed by atoms with Crippen molar-refractivity contribution < 1.29 is 14.4 Å². The summed E-state index contributed by atoms with van der Waals surface area (Å²) < 4.78 is 1.18. The minimum Gasteiger partial charge on any atom is -0.351 e. The number of primary amides is 1. The Morgan fingerprint density at radius 1 is 1.19 bits per heavy atom. The van der Waals surface area contributed by atoms with E-state index in [9.17, 15) is 14.4 Å². The van der Waals surface area contributed by atoms with Gasteiger partial charge in [-0.3, -0.25) is 14.2 Å². The van der Waals surface area contributed by atoms with Crippen LogP contribution < -0.4 is 11.2 Å². The highest BCUT2D eigenvalue weighted by molar-refractivity contribution is 6.21. The molecule has 0 radical (unpaired) electrons. The van der Waals surface area contributed by atoms with Crippen LogP contribution in [0, 0.1) is 0 Å². The van der Waals surface area contributed by atoms with Gasteiger partial charge < -0.3 is 15.5 Å². The standard InChI is InChI=1S/C17H18N6O3/c1-21-5-7-22(8-6-21)16(25)14-11-9-19-20-15(24)10-3-2-4-12(13(10)11)23(14)17(18)26/h2-4,9H,5-8H2,1H3,(H2,18,26)(H,20,24). The van der Waals surface area contributed by atoms with E-state index in [4.69, 9.17) is 5.73 Å². The van der Waals surface area contributed by atoms with E-state index in [2.05, 4.69) is 15.4 Å². The molecule has 0 unspecified atom stereocenters. The Morgan fingerprint density at radius 2 is 1.92 bits per heavy atom. The van der Waals surface area contributed by atoms with Crippen LogP contribution in [0.5, 0.6) is 0 Å². The molecule has 134 valence electrons. The van der Waals surface area contributed by atoms with Gasteiger partial charge in [0.2, 0.25) is 0 Å². The number of hydrogen-bond acceptors (Lipinski definition) is 5. The number of hydrogen-bond donors (Lipinski definition) is 2. The first-order valence-corrected chi connectivity index (χ1v) is 8.27. The van der Waals surface area contributed by atoms with Gasteiger partial charge >= 0.3 is 6.03 Å². The minimum atomic E-state index is -0.773. The summed E-state index contributed by atoms with van der Waals surface area (Å²) in [6, 6.07) is 4.17. The molecular formula is C17H18N6O3. The van der Waals surface area contributed by atoms with Crippen LogP contribution in [0.4, 0.5) is 4.79 Å². The lowest BCUT2D eigenvalue weighted by Gasteiger charge is -2.32. The summed E-state index contributed by atoms with van der Waals surface area (Å²) in [5, 5.41) is 4.40. The van der Waals surface area contributed by atoms with Gasteiger partial charge in [0.15, 0.2) is 0 Å². The quantitative estimate of drug-likeness (QED) is 0.752. The van der Waals surface area contributed by atoms with Crippen molar-refractivity contribution in [3.05, 3.63) is 35.0 Å². The maximum Gasteiger partial charge on any atom is 0.324 e. The maximum absolute atomic E-state index is 13.2. The number of carbonyl (C=O) groups is 3. The molecule has 26 heavy (non-hydrogen) atoms. The van der Waals surface area contributed by atoms with Gasteiger partial charge in [0.1, 0.15) is 5.69 Å². The van der Waals surface area contributed by atoms with Gasteiger partial charge in [-0.2, -0.15) is 5.10 Å². The van der Waals surface area contributed by atoms with E-state index in [1.807, 2.05) is 7.05 Å². The summed E-state index contributed by atoms with van der Waals surface area (Å²) in [6.07, 6.45) is 1.40. The van der Waals surface area contributed by atoms with Crippen molar-refractivity contribution in [2.75, 3.05) is 33.2 Å². The second-order valence-corrected chi connectivity index (χ2v) is 6.43. The largest absolute Gasteiger partial charge is 0.351 e. The molecule has 3 N–H and O–H groups in total. The molecule has 1 aromatic heterocycles. The summed E-state index contributed by atoms with van der Waals surface area (Å²) in [5.41, 5.74) is 9.34. The molecule has 0 saturated carbocycles. The normalized spacial score (nSPS) is 17.3. The number of carbonyl (C=O) groups excluding carboxylic acids is 3. The van der Waals surface area contributed by atoms with E-state index in [0.717, 1.165) is 13.1 Å². The van der Waals surface area contributed by atoms with Crippen molar-refractivity contribution in [1.82, 2.24) is 19.8 Å². The Bertz CT molecular complexity index is 969. The molecule has 2 aliphatic heterocycles. The summed E-state index contributed by atoms with van der Waals surface area (Å²) in [5.74, 6) is -0.694. The number of piperazine rings is 1. The first-order chi connectivity index (χ1) is 12.5. The van der Waals surface area contributed by atoms with Gasteiger partial charge in [-0.1, -0.05) is 6.07 Å². The smallest absolute Gasteiger partial charge is 0.324 e. The van der Waals surface area contributed by atoms with Crippen LogP contribution in [0.25, 0.3) is 10.9 Å². The molecule has 0 atom stereocenters. The molecular weight excluding hydrogens is 336 g/mol. The summed E-state index contributed by atoms with van der Waals surface area (Å²) >= 11 is 0. The minimum absolute atomic E-state index is 0.143. The molecule has 9 heteroatoms. The number of amides is 3. The first kappa shape index (κ1) is 16.3. The molecule has 0 spiro atoms. The molecule has 9 nitrogen and oxygen atoms in total. The maximum atomic E-state index is 13.2. The Balaban J connectivity index is 1.96. The fourth-order valence-corrected chi connectivity index (χ4v) is 3.50. The van der Waals surface area contributed by atoms with E-state index in [0.29, 0.717) is 35.1 Å². The van der Waals surface area contributed by atoms with Crippen LogP contribution in [-0.4, -0.2) is 71.7 Å².